The van der Waals surface area contributed by atoms with E-state index in [0.29, 0.717) is 11.1 Å². The van der Waals surface area contributed by atoms with Gasteiger partial charge >= 0.3 is 0 Å². The van der Waals surface area contributed by atoms with E-state index in [2.05, 4.69) is 28.2 Å². The first-order chi connectivity index (χ1) is 10.1. The van der Waals surface area contributed by atoms with Crippen LogP contribution in [0.3, 0.4) is 0 Å². The van der Waals surface area contributed by atoms with Crippen LogP contribution in [0.1, 0.15) is 31.3 Å². The van der Waals surface area contributed by atoms with E-state index in [1.807, 2.05) is 31.2 Å². The number of para-hydroxylation sites is 1. The normalized spacial score (nSPS) is 12.1. The van der Waals surface area contributed by atoms with Crippen molar-refractivity contribution in [3.63, 3.8) is 0 Å². The summed E-state index contributed by atoms with van der Waals surface area (Å²) < 4.78 is 5.39. The smallest absolute Gasteiger partial charge is 0.277 e. The second-order valence-corrected chi connectivity index (χ2v) is 5.58. The number of thioether (sulfide) groups is 1. The number of anilines is 1. The van der Waals surface area contributed by atoms with Crippen LogP contribution in [0.4, 0.5) is 5.69 Å². The largest absolute Gasteiger partial charge is 0.410 e. The summed E-state index contributed by atoms with van der Waals surface area (Å²) in [6.45, 7) is 3.93. The van der Waals surface area contributed by atoms with Crippen molar-refractivity contribution in [3.8, 4) is 0 Å². The maximum Gasteiger partial charge on any atom is 0.277 e. The molecule has 21 heavy (non-hydrogen) atoms. The zero-order valence-corrected chi connectivity index (χ0v) is 12.9. The second kappa shape index (κ2) is 7.24. The average molecular weight is 307 g/mol. The molecule has 0 aliphatic rings. The summed E-state index contributed by atoms with van der Waals surface area (Å²) in [7, 11) is 0. The highest BCUT2D eigenvalue weighted by Gasteiger charge is 2.14. The molecule has 0 aliphatic heterocycles. The molecule has 0 spiro atoms. The van der Waals surface area contributed by atoms with Crippen LogP contribution >= 0.6 is 11.8 Å². The van der Waals surface area contributed by atoms with Crippen LogP contribution in [0, 0.1) is 0 Å². The van der Waals surface area contributed by atoms with Gasteiger partial charge in [-0.2, -0.15) is 0 Å². The van der Waals surface area contributed by atoms with E-state index < -0.39 is 0 Å². The van der Waals surface area contributed by atoms with Crippen LogP contribution in [0.2, 0.25) is 0 Å². The van der Waals surface area contributed by atoms with Crippen molar-refractivity contribution in [2.24, 2.45) is 0 Å². The molecular weight excluding hydrogens is 288 g/mol. The highest BCUT2D eigenvalue weighted by Crippen LogP contribution is 2.19. The Bertz CT molecular complexity index is 613. The summed E-state index contributed by atoms with van der Waals surface area (Å²) in [6, 6.07) is 7.71. The Morgan fingerprint density at radius 3 is 2.86 bits per heavy atom. The van der Waals surface area contributed by atoms with Crippen LogP contribution in [-0.2, 0) is 11.2 Å². The molecule has 0 aliphatic carbocycles. The van der Waals surface area contributed by atoms with Crippen LogP contribution in [0.5, 0.6) is 0 Å². The Morgan fingerprint density at radius 1 is 1.43 bits per heavy atom. The van der Waals surface area contributed by atoms with Gasteiger partial charge in [0.1, 0.15) is 0 Å². The summed E-state index contributed by atoms with van der Waals surface area (Å²) in [5.74, 6) is 0.614. The van der Waals surface area contributed by atoms with Crippen LogP contribution in [-0.4, -0.2) is 21.9 Å². The summed E-state index contributed by atoms with van der Waals surface area (Å²) in [5, 5.41) is 11.0. The fourth-order valence-corrected chi connectivity index (χ4v) is 2.31. The molecule has 1 aromatic carbocycles. The maximum absolute atomic E-state index is 12.0. The highest BCUT2D eigenvalue weighted by atomic mass is 32.2. The topological polar surface area (TPSA) is 95.7 Å². The number of hydrogen-bond donors (Lipinski definition) is 2. The quantitative estimate of drug-likeness (QED) is 0.791. The van der Waals surface area contributed by atoms with Gasteiger partial charge in [0.05, 0.1) is 5.75 Å². The molecule has 1 amide bonds. The van der Waals surface area contributed by atoms with E-state index in [1.165, 1.54) is 11.8 Å². The van der Waals surface area contributed by atoms with Gasteiger partial charge < -0.3 is 15.5 Å². The minimum atomic E-state index is -0.0941. The third-order valence-electron chi connectivity index (χ3n) is 2.84. The number of quaternary nitrogens is 1. The van der Waals surface area contributed by atoms with Gasteiger partial charge in [0.2, 0.25) is 5.91 Å². The molecule has 2 rings (SSSR count). The molecule has 7 heteroatoms. The SMILES string of the molecule is CCc1ccccc1NC(=O)CSc1nnc([C@H](C)[NH3+])o1. The molecule has 1 atom stereocenters. The third-order valence-corrected chi connectivity index (χ3v) is 3.66. The Hall–Kier alpha value is -1.86. The van der Waals surface area contributed by atoms with Crippen molar-refractivity contribution in [3.05, 3.63) is 35.7 Å². The number of aromatic nitrogens is 2. The molecule has 1 heterocycles. The minimum absolute atomic E-state index is 0.0582. The van der Waals surface area contributed by atoms with E-state index in [1.54, 1.807) is 0 Å². The van der Waals surface area contributed by atoms with Crippen molar-refractivity contribution in [1.29, 1.82) is 0 Å². The van der Waals surface area contributed by atoms with Crippen molar-refractivity contribution in [2.75, 3.05) is 11.1 Å². The lowest BCUT2D eigenvalue weighted by Crippen LogP contribution is -2.51. The van der Waals surface area contributed by atoms with Crippen molar-refractivity contribution in [2.45, 2.75) is 31.5 Å². The van der Waals surface area contributed by atoms with E-state index in [-0.39, 0.29) is 17.7 Å². The average Bonchev–Trinajstić information content (AvgIpc) is 2.95. The monoisotopic (exact) mass is 307 g/mol. The van der Waals surface area contributed by atoms with Gasteiger partial charge in [-0.25, -0.2) is 0 Å². The highest BCUT2D eigenvalue weighted by molar-refractivity contribution is 7.99. The van der Waals surface area contributed by atoms with E-state index in [0.717, 1.165) is 17.7 Å². The summed E-state index contributed by atoms with van der Waals surface area (Å²) in [4.78, 5) is 12.0. The number of benzene rings is 1. The number of nitrogens with one attached hydrogen (secondary N) is 1. The van der Waals surface area contributed by atoms with Gasteiger partial charge in [-0.05, 0) is 25.0 Å². The number of hydrogen-bond acceptors (Lipinski definition) is 5. The first-order valence-corrected chi connectivity index (χ1v) is 7.75. The minimum Gasteiger partial charge on any atom is -0.410 e. The van der Waals surface area contributed by atoms with Gasteiger partial charge in [0, 0.05) is 5.69 Å². The number of aryl methyl sites for hydroxylation is 1. The van der Waals surface area contributed by atoms with E-state index in [4.69, 9.17) is 4.42 Å². The van der Waals surface area contributed by atoms with Gasteiger partial charge in [0.25, 0.3) is 11.1 Å². The van der Waals surface area contributed by atoms with Crippen LogP contribution in [0.15, 0.2) is 33.9 Å². The molecule has 0 radical (unpaired) electrons. The summed E-state index contributed by atoms with van der Waals surface area (Å²) in [5.41, 5.74) is 5.77. The Labute approximate surface area is 127 Å². The lowest BCUT2D eigenvalue weighted by Gasteiger charge is -2.08. The second-order valence-electron chi connectivity index (χ2n) is 4.65. The lowest BCUT2D eigenvalue weighted by atomic mass is 10.1. The zero-order valence-electron chi connectivity index (χ0n) is 12.1. The summed E-state index contributed by atoms with van der Waals surface area (Å²) >= 11 is 1.22. The molecule has 1 aromatic heterocycles. The number of nitrogens with zero attached hydrogens (tertiary/aromatic N) is 2. The standard InChI is InChI=1S/C14H18N4O2S/c1-3-10-6-4-5-7-11(10)16-12(19)8-21-14-18-17-13(20-14)9(2)15/h4-7,9H,3,8,15H2,1-2H3,(H,16,19)/p+1/t9-/m0/s1. The fourth-order valence-electron chi connectivity index (χ4n) is 1.74. The number of carbonyl (C=O) groups is 1. The van der Waals surface area contributed by atoms with Crippen molar-refractivity contribution in [1.82, 2.24) is 10.2 Å². The van der Waals surface area contributed by atoms with Crippen LogP contribution in [0.25, 0.3) is 0 Å². The maximum atomic E-state index is 12.0. The predicted octanol–water partition coefficient (Wildman–Crippen LogP) is 1.67. The Morgan fingerprint density at radius 2 is 2.19 bits per heavy atom. The molecule has 0 bridgehead atoms. The van der Waals surface area contributed by atoms with Crippen LogP contribution < -0.4 is 11.1 Å². The summed E-state index contributed by atoms with van der Waals surface area (Å²) in [6.07, 6.45) is 0.873. The molecule has 0 fully saturated rings. The van der Waals surface area contributed by atoms with Gasteiger partial charge in [0.15, 0.2) is 6.04 Å². The van der Waals surface area contributed by atoms with Gasteiger partial charge in [-0.3, -0.25) is 4.79 Å². The molecule has 6 nitrogen and oxygen atoms in total. The molecule has 0 saturated heterocycles. The zero-order chi connectivity index (χ0) is 15.2. The first-order valence-electron chi connectivity index (χ1n) is 6.77. The Kier molecular flexibility index (Phi) is 5.35. The molecule has 0 unspecified atom stereocenters. The molecular formula is C14H19N4O2S+. The third kappa shape index (κ3) is 4.30. The predicted molar refractivity (Wildman–Crippen MR) is 80.8 cm³/mol. The van der Waals surface area contributed by atoms with Gasteiger partial charge in [-0.1, -0.05) is 36.9 Å². The number of rotatable bonds is 6. The lowest BCUT2D eigenvalue weighted by molar-refractivity contribution is -0.425. The van der Waals surface area contributed by atoms with Crippen molar-refractivity contribution >= 4 is 23.4 Å². The number of carbonyl (C=O) groups excluding carboxylic acids is 1. The fraction of sp³-hybridized carbons (Fsp3) is 0.357. The van der Waals surface area contributed by atoms with Gasteiger partial charge in [-0.15, -0.1) is 10.2 Å². The van der Waals surface area contributed by atoms with E-state index >= 15 is 0 Å². The molecule has 112 valence electrons. The van der Waals surface area contributed by atoms with Crippen molar-refractivity contribution < 1.29 is 14.9 Å². The molecule has 0 saturated carbocycles. The molecule has 2 aromatic rings. The molecule has 4 N–H and O–H groups in total. The Balaban J connectivity index is 1.89. The first kappa shape index (κ1) is 15.5. The number of amides is 1. The van der Waals surface area contributed by atoms with E-state index in [9.17, 15) is 4.79 Å².